The number of carboxylic acids is 1. The molecule has 0 aromatic heterocycles. The van der Waals surface area contributed by atoms with Crippen LogP contribution in [0.3, 0.4) is 0 Å². The molecule has 0 saturated heterocycles. The van der Waals surface area contributed by atoms with Crippen LogP contribution in [0.25, 0.3) is 0 Å². The highest BCUT2D eigenvalue weighted by Crippen LogP contribution is 2.18. The van der Waals surface area contributed by atoms with E-state index in [1.54, 1.807) is 0 Å². The highest BCUT2D eigenvalue weighted by molar-refractivity contribution is 7.92. The van der Waals surface area contributed by atoms with Crippen LogP contribution in [0, 0.1) is 0 Å². The van der Waals surface area contributed by atoms with Crippen molar-refractivity contribution in [3.05, 3.63) is 24.3 Å². The third-order valence-electron chi connectivity index (χ3n) is 2.03. The van der Waals surface area contributed by atoms with E-state index in [1.807, 2.05) is 0 Å². The third kappa shape index (κ3) is 2.31. The van der Waals surface area contributed by atoms with Gasteiger partial charge in [-0.3, -0.25) is 4.79 Å². The number of aromatic hydroxyl groups is 1. The summed E-state index contributed by atoms with van der Waals surface area (Å²) in [6.07, 6.45) is 0. The van der Waals surface area contributed by atoms with Crippen LogP contribution in [0.5, 0.6) is 5.75 Å². The lowest BCUT2D eigenvalue weighted by Crippen LogP contribution is -2.37. The molecule has 1 unspecified atom stereocenters. The van der Waals surface area contributed by atoms with Crippen LogP contribution in [-0.2, 0) is 14.6 Å². The van der Waals surface area contributed by atoms with E-state index in [2.05, 4.69) is 0 Å². The summed E-state index contributed by atoms with van der Waals surface area (Å²) in [6.45, 7) is -0.501. The van der Waals surface area contributed by atoms with E-state index in [4.69, 9.17) is 15.9 Å². The molecule has 0 fully saturated rings. The summed E-state index contributed by atoms with van der Waals surface area (Å²) in [7, 11) is -4.00. The first-order valence-electron chi connectivity index (χ1n) is 4.35. The lowest BCUT2D eigenvalue weighted by atomic mass is 10.3. The zero-order valence-corrected chi connectivity index (χ0v) is 9.02. The molecule has 0 aliphatic rings. The van der Waals surface area contributed by atoms with Gasteiger partial charge in [-0.1, -0.05) is 0 Å². The van der Waals surface area contributed by atoms with E-state index < -0.39 is 27.6 Å². The molecule has 0 spiro atoms. The molecule has 0 amide bonds. The summed E-state index contributed by atoms with van der Waals surface area (Å²) in [6, 6.07) is 4.61. The summed E-state index contributed by atoms with van der Waals surface area (Å²) in [5.74, 6) is -1.59. The number of phenolic OH excluding ortho intramolecular Hbond substituents is 1. The van der Waals surface area contributed by atoms with Crippen molar-refractivity contribution < 1.29 is 23.4 Å². The highest BCUT2D eigenvalue weighted by Gasteiger charge is 2.32. The standard InChI is InChI=1S/C9H11NO5S/c10-5-8(9(12)13)16(14,15)7-3-1-6(11)2-4-7/h1-4,8,11H,5,10H2,(H,12,13). The number of benzene rings is 1. The second-order valence-electron chi connectivity index (χ2n) is 3.10. The first-order valence-corrected chi connectivity index (χ1v) is 5.90. The van der Waals surface area contributed by atoms with Crippen LogP contribution >= 0.6 is 0 Å². The zero-order chi connectivity index (χ0) is 12.3. The normalized spacial score (nSPS) is 13.3. The second kappa shape index (κ2) is 4.50. The van der Waals surface area contributed by atoms with Crippen molar-refractivity contribution in [2.24, 2.45) is 5.73 Å². The molecule has 6 nitrogen and oxygen atoms in total. The van der Waals surface area contributed by atoms with Crippen molar-refractivity contribution >= 4 is 15.8 Å². The van der Waals surface area contributed by atoms with Crippen LogP contribution in [0.4, 0.5) is 0 Å². The predicted molar refractivity (Wildman–Crippen MR) is 55.8 cm³/mol. The second-order valence-corrected chi connectivity index (χ2v) is 5.23. The first kappa shape index (κ1) is 12.5. The van der Waals surface area contributed by atoms with Crippen LogP contribution in [0.15, 0.2) is 29.2 Å². The molecule has 1 aromatic rings. The van der Waals surface area contributed by atoms with Gasteiger partial charge in [-0.2, -0.15) is 0 Å². The van der Waals surface area contributed by atoms with Crippen LogP contribution in [0.2, 0.25) is 0 Å². The number of sulfone groups is 1. The highest BCUT2D eigenvalue weighted by atomic mass is 32.2. The quantitative estimate of drug-likeness (QED) is 0.663. The minimum atomic E-state index is -4.00. The number of carbonyl (C=O) groups is 1. The van der Waals surface area contributed by atoms with Gasteiger partial charge < -0.3 is 15.9 Å². The predicted octanol–water partition coefficient (Wildman–Crippen LogP) is -0.422. The smallest absolute Gasteiger partial charge is 0.323 e. The summed E-state index contributed by atoms with van der Waals surface area (Å²) in [4.78, 5) is 10.5. The fourth-order valence-electron chi connectivity index (χ4n) is 1.16. The Hall–Kier alpha value is -1.60. The van der Waals surface area contributed by atoms with Gasteiger partial charge >= 0.3 is 5.97 Å². The molecule has 7 heteroatoms. The van der Waals surface area contributed by atoms with E-state index >= 15 is 0 Å². The fraction of sp³-hybridized carbons (Fsp3) is 0.222. The number of rotatable bonds is 4. The van der Waals surface area contributed by atoms with Gasteiger partial charge in [0, 0.05) is 6.54 Å². The molecule has 1 rings (SSSR count). The summed E-state index contributed by atoms with van der Waals surface area (Å²) >= 11 is 0. The maximum atomic E-state index is 11.8. The summed E-state index contributed by atoms with van der Waals surface area (Å²) in [5.41, 5.74) is 5.12. The van der Waals surface area contributed by atoms with Crippen molar-refractivity contribution in [2.45, 2.75) is 10.1 Å². The molecule has 1 atom stereocenters. The Morgan fingerprint density at radius 2 is 1.81 bits per heavy atom. The van der Waals surface area contributed by atoms with Crippen molar-refractivity contribution in [3.8, 4) is 5.75 Å². The van der Waals surface area contributed by atoms with Gasteiger partial charge in [0.25, 0.3) is 0 Å². The molecule has 0 bridgehead atoms. The minimum Gasteiger partial charge on any atom is -0.508 e. The van der Waals surface area contributed by atoms with Crippen molar-refractivity contribution in [2.75, 3.05) is 6.54 Å². The van der Waals surface area contributed by atoms with E-state index in [0.717, 1.165) is 12.1 Å². The van der Waals surface area contributed by atoms with Crippen LogP contribution in [0.1, 0.15) is 0 Å². The molecule has 0 radical (unpaired) electrons. The van der Waals surface area contributed by atoms with Gasteiger partial charge in [0.05, 0.1) is 4.90 Å². The molecule has 1 aromatic carbocycles. The Morgan fingerprint density at radius 3 is 2.19 bits per heavy atom. The van der Waals surface area contributed by atoms with E-state index in [0.29, 0.717) is 0 Å². The number of hydrogen-bond acceptors (Lipinski definition) is 5. The van der Waals surface area contributed by atoms with Crippen molar-refractivity contribution in [1.29, 1.82) is 0 Å². The maximum absolute atomic E-state index is 11.8. The largest absolute Gasteiger partial charge is 0.508 e. The Kier molecular flexibility index (Phi) is 3.51. The van der Waals surface area contributed by atoms with E-state index in [9.17, 15) is 13.2 Å². The Labute approximate surface area is 92.2 Å². The Balaban J connectivity index is 3.20. The average Bonchev–Trinajstić information content (AvgIpc) is 2.18. The van der Waals surface area contributed by atoms with Gasteiger partial charge in [-0.15, -0.1) is 0 Å². The third-order valence-corrected chi connectivity index (χ3v) is 4.10. The average molecular weight is 245 g/mol. The minimum absolute atomic E-state index is 0.0985. The Morgan fingerprint density at radius 1 is 1.31 bits per heavy atom. The number of hydrogen-bond donors (Lipinski definition) is 3. The number of phenols is 1. The van der Waals surface area contributed by atoms with Crippen molar-refractivity contribution in [1.82, 2.24) is 0 Å². The maximum Gasteiger partial charge on any atom is 0.323 e. The molecule has 0 aliphatic heterocycles. The molecule has 88 valence electrons. The SMILES string of the molecule is NCC(C(=O)O)S(=O)(=O)c1ccc(O)cc1. The van der Waals surface area contributed by atoms with Crippen LogP contribution in [-0.4, -0.2) is 36.4 Å². The molecular weight excluding hydrogens is 234 g/mol. The molecule has 0 aliphatic carbocycles. The van der Waals surface area contributed by atoms with Gasteiger partial charge in [0.15, 0.2) is 15.1 Å². The molecule has 0 heterocycles. The molecule has 0 saturated carbocycles. The Bertz CT molecular complexity index is 479. The number of aliphatic carboxylic acids is 1. The van der Waals surface area contributed by atoms with E-state index in [-0.39, 0.29) is 10.6 Å². The van der Waals surface area contributed by atoms with Crippen molar-refractivity contribution in [3.63, 3.8) is 0 Å². The lowest BCUT2D eigenvalue weighted by molar-refractivity contribution is -0.136. The van der Waals surface area contributed by atoms with Gasteiger partial charge in [-0.05, 0) is 24.3 Å². The molecular formula is C9H11NO5S. The zero-order valence-electron chi connectivity index (χ0n) is 8.20. The van der Waals surface area contributed by atoms with E-state index in [1.165, 1.54) is 12.1 Å². The lowest BCUT2D eigenvalue weighted by Gasteiger charge is -2.11. The van der Waals surface area contributed by atoms with Gasteiger partial charge in [0.2, 0.25) is 0 Å². The summed E-state index contributed by atoms with van der Waals surface area (Å²) < 4.78 is 23.5. The molecule has 4 N–H and O–H groups in total. The number of carboxylic acid groups (broad SMARTS) is 1. The van der Waals surface area contributed by atoms with Gasteiger partial charge in [0.1, 0.15) is 5.75 Å². The fourth-order valence-corrected chi connectivity index (χ4v) is 2.52. The topological polar surface area (TPSA) is 118 Å². The molecule has 16 heavy (non-hydrogen) atoms. The van der Waals surface area contributed by atoms with Gasteiger partial charge in [-0.25, -0.2) is 8.42 Å². The van der Waals surface area contributed by atoms with Crippen LogP contribution < -0.4 is 5.73 Å². The summed E-state index contributed by atoms with van der Waals surface area (Å²) in [5, 5.41) is 16.0. The monoisotopic (exact) mass is 245 g/mol. The number of nitrogens with two attached hydrogens (primary N) is 1. The first-order chi connectivity index (χ1) is 7.39.